The van der Waals surface area contributed by atoms with E-state index in [1.54, 1.807) is 7.05 Å². The van der Waals surface area contributed by atoms with Crippen LogP contribution >= 0.6 is 0 Å². The minimum absolute atomic E-state index is 0.0297. The third kappa shape index (κ3) is 2.56. The number of carboxylic acids is 1. The number of aliphatic carboxylic acids is 1. The number of hydrogen-bond donors (Lipinski definition) is 3. The fourth-order valence-corrected chi connectivity index (χ4v) is 7.20. The van der Waals surface area contributed by atoms with Crippen LogP contribution in [0.5, 0.6) is 0 Å². The molecule has 7 nitrogen and oxygen atoms in total. The van der Waals surface area contributed by atoms with Gasteiger partial charge in [0.15, 0.2) is 5.96 Å². The number of carboxylic acid groups (broad SMARTS) is 1. The molecule has 5 atom stereocenters. The molecule has 29 heavy (non-hydrogen) atoms. The van der Waals surface area contributed by atoms with Crippen LogP contribution in [0.25, 0.3) is 0 Å². The van der Waals surface area contributed by atoms with Gasteiger partial charge in [-0.2, -0.15) is 0 Å². The Morgan fingerprint density at radius 3 is 2.86 bits per heavy atom. The summed E-state index contributed by atoms with van der Waals surface area (Å²) < 4.78 is 5.58. The lowest BCUT2D eigenvalue weighted by Gasteiger charge is -2.58. The van der Waals surface area contributed by atoms with E-state index in [2.05, 4.69) is 18.0 Å². The molecule has 1 aliphatic heterocycles. The number of aliphatic hydroxyl groups is 1. The summed E-state index contributed by atoms with van der Waals surface area (Å²) >= 11 is 0. The molecule has 3 aliphatic carbocycles. The monoisotopic (exact) mass is 403 g/mol. The SMILES string of the molecule is CCOCC1(O)CC23C(=C1C(=O)O)CC(CCC2C)C31CC=CN(C(N)=NC)C1. The van der Waals surface area contributed by atoms with Crippen LogP contribution in [0.15, 0.2) is 28.4 Å². The molecule has 0 aromatic heterocycles. The lowest BCUT2D eigenvalue weighted by atomic mass is 9.49. The molecule has 0 aromatic rings. The first-order valence-electron chi connectivity index (χ1n) is 10.7. The van der Waals surface area contributed by atoms with E-state index in [1.807, 2.05) is 18.0 Å². The smallest absolute Gasteiger partial charge is 0.334 e. The van der Waals surface area contributed by atoms with Crippen LogP contribution in [-0.2, 0) is 9.53 Å². The molecule has 0 saturated heterocycles. The topological polar surface area (TPSA) is 108 Å². The fourth-order valence-electron chi connectivity index (χ4n) is 7.20. The van der Waals surface area contributed by atoms with Crippen molar-refractivity contribution in [2.75, 3.05) is 26.8 Å². The highest BCUT2D eigenvalue weighted by atomic mass is 16.5. The summed E-state index contributed by atoms with van der Waals surface area (Å²) in [7, 11) is 1.69. The van der Waals surface area contributed by atoms with E-state index in [4.69, 9.17) is 10.5 Å². The van der Waals surface area contributed by atoms with Gasteiger partial charge < -0.3 is 25.6 Å². The molecule has 4 rings (SSSR count). The van der Waals surface area contributed by atoms with Crippen LogP contribution in [0.2, 0.25) is 0 Å². The van der Waals surface area contributed by atoms with Crippen molar-refractivity contribution >= 4 is 11.9 Å². The maximum absolute atomic E-state index is 12.4. The molecule has 2 bridgehead atoms. The van der Waals surface area contributed by atoms with Crippen molar-refractivity contribution < 1.29 is 19.7 Å². The van der Waals surface area contributed by atoms with Crippen LogP contribution < -0.4 is 5.73 Å². The second-order valence-corrected chi connectivity index (χ2v) is 9.31. The highest BCUT2D eigenvalue weighted by Crippen LogP contribution is 2.76. The molecular weight excluding hydrogens is 370 g/mol. The summed E-state index contributed by atoms with van der Waals surface area (Å²) in [6.45, 7) is 5.28. The normalized spacial score (nSPS) is 41.4. The highest BCUT2D eigenvalue weighted by molar-refractivity contribution is 5.92. The maximum Gasteiger partial charge on any atom is 0.334 e. The highest BCUT2D eigenvalue weighted by Gasteiger charge is 2.72. The van der Waals surface area contributed by atoms with Crippen LogP contribution in [-0.4, -0.2) is 59.4 Å². The van der Waals surface area contributed by atoms with Crippen molar-refractivity contribution in [1.29, 1.82) is 0 Å². The summed E-state index contributed by atoms with van der Waals surface area (Å²) in [5, 5.41) is 21.7. The molecule has 2 saturated carbocycles. The second-order valence-electron chi connectivity index (χ2n) is 9.31. The Bertz CT molecular complexity index is 806. The number of hydrogen-bond acceptors (Lipinski definition) is 4. The van der Waals surface area contributed by atoms with Crippen molar-refractivity contribution in [2.45, 2.75) is 51.6 Å². The van der Waals surface area contributed by atoms with E-state index < -0.39 is 11.6 Å². The van der Waals surface area contributed by atoms with Crippen molar-refractivity contribution in [2.24, 2.45) is 33.4 Å². The molecule has 7 heteroatoms. The predicted molar refractivity (Wildman–Crippen MR) is 110 cm³/mol. The Labute approximate surface area is 172 Å². The van der Waals surface area contributed by atoms with Gasteiger partial charge in [-0.15, -0.1) is 0 Å². The third-order valence-corrected chi connectivity index (χ3v) is 8.29. The number of rotatable bonds is 4. The molecule has 2 fully saturated rings. The van der Waals surface area contributed by atoms with Crippen molar-refractivity contribution in [1.82, 2.24) is 4.90 Å². The summed E-state index contributed by atoms with van der Waals surface area (Å²) in [4.78, 5) is 18.5. The molecule has 160 valence electrons. The minimum Gasteiger partial charge on any atom is -0.478 e. The number of allylic oxidation sites excluding steroid dienone is 2. The number of nitrogens with two attached hydrogens (primary N) is 1. The van der Waals surface area contributed by atoms with Crippen LogP contribution in [0, 0.1) is 22.7 Å². The van der Waals surface area contributed by atoms with E-state index in [1.165, 1.54) is 0 Å². The molecule has 1 heterocycles. The second kappa shape index (κ2) is 6.84. The molecule has 0 amide bonds. The first kappa shape index (κ1) is 20.4. The van der Waals surface area contributed by atoms with Crippen LogP contribution in [0.3, 0.4) is 0 Å². The maximum atomic E-state index is 12.4. The van der Waals surface area contributed by atoms with E-state index in [0.717, 1.165) is 31.3 Å². The van der Waals surface area contributed by atoms with E-state index in [9.17, 15) is 15.0 Å². The Morgan fingerprint density at radius 1 is 1.45 bits per heavy atom. The number of aliphatic imine (C=N–C) groups is 1. The van der Waals surface area contributed by atoms with Crippen molar-refractivity contribution in [3.8, 4) is 0 Å². The zero-order valence-electron chi connectivity index (χ0n) is 17.6. The van der Waals surface area contributed by atoms with Crippen molar-refractivity contribution in [3.63, 3.8) is 0 Å². The Kier molecular flexibility index (Phi) is 4.82. The van der Waals surface area contributed by atoms with E-state index >= 15 is 0 Å². The van der Waals surface area contributed by atoms with Crippen molar-refractivity contribution in [3.05, 3.63) is 23.4 Å². The molecule has 0 aromatic carbocycles. The van der Waals surface area contributed by atoms with Gasteiger partial charge in [0.05, 0.1) is 12.2 Å². The van der Waals surface area contributed by atoms with Gasteiger partial charge in [0.1, 0.15) is 5.60 Å². The zero-order valence-corrected chi connectivity index (χ0v) is 17.6. The Morgan fingerprint density at radius 2 is 2.21 bits per heavy atom. The first-order valence-corrected chi connectivity index (χ1v) is 10.7. The minimum atomic E-state index is -1.45. The van der Waals surface area contributed by atoms with E-state index in [0.29, 0.717) is 31.4 Å². The summed E-state index contributed by atoms with van der Waals surface area (Å²) in [5.41, 5.74) is 5.37. The van der Waals surface area contributed by atoms with Gasteiger partial charge in [0, 0.05) is 37.2 Å². The molecule has 2 spiro atoms. The Hall–Kier alpha value is -1.86. The average Bonchev–Trinajstić information content (AvgIpc) is 3.03. The Balaban J connectivity index is 1.88. The lowest BCUT2D eigenvalue weighted by Crippen LogP contribution is -2.58. The number of nitrogens with zero attached hydrogens (tertiary/aromatic N) is 2. The van der Waals surface area contributed by atoms with Gasteiger partial charge in [-0.05, 0) is 56.4 Å². The molecule has 4 N–H and O–H groups in total. The fraction of sp³-hybridized carbons (Fsp3) is 0.727. The van der Waals surface area contributed by atoms with Gasteiger partial charge >= 0.3 is 5.97 Å². The van der Waals surface area contributed by atoms with E-state index in [-0.39, 0.29) is 28.9 Å². The number of ether oxygens (including phenoxy) is 1. The van der Waals surface area contributed by atoms with Gasteiger partial charge in [-0.1, -0.05) is 13.0 Å². The van der Waals surface area contributed by atoms with Gasteiger partial charge in [-0.25, -0.2) is 4.79 Å². The quantitative estimate of drug-likeness (QED) is 0.490. The van der Waals surface area contributed by atoms with Gasteiger partial charge in [0.2, 0.25) is 0 Å². The average molecular weight is 404 g/mol. The predicted octanol–water partition coefficient (Wildman–Crippen LogP) is 2.13. The molecule has 4 aliphatic rings. The summed E-state index contributed by atoms with van der Waals surface area (Å²) in [5.74, 6) is 0.138. The van der Waals surface area contributed by atoms with Gasteiger partial charge in [0.25, 0.3) is 0 Å². The third-order valence-electron chi connectivity index (χ3n) is 8.29. The molecule has 5 unspecified atom stereocenters. The largest absolute Gasteiger partial charge is 0.478 e. The zero-order chi connectivity index (χ0) is 21.0. The van der Waals surface area contributed by atoms with Crippen LogP contribution in [0.4, 0.5) is 0 Å². The first-order chi connectivity index (χ1) is 13.8. The lowest BCUT2D eigenvalue weighted by molar-refractivity contribution is -0.138. The van der Waals surface area contributed by atoms with Crippen LogP contribution in [0.1, 0.15) is 46.0 Å². The number of carbonyl (C=O) groups is 1. The molecule has 0 radical (unpaired) electrons. The summed E-state index contributed by atoms with van der Waals surface area (Å²) in [6.07, 6.45) is 8.30. The number of guanidine groups is 1. The summed E-state index contributed by atoms with van der Waals surface area (Å²) in [6, 6.07) is 0. The molecular formula is C22H33N3O4. The van der Waals surface area contributed by atoms with Gasteiger partial charge in [-0.3, -0.25) is 4.99 Å². The standard InChI is InChI=1S/C22H33N3O4/c1-4-29-13-21(28)11-22-14(2)6-7-15(10-16(22)17(21)18(26)27)20(22)8-5-9-25(12-20)19(23)24-3/h5,9,14-15,28H,4,6-8,10-13H2,1-3H3,(H2,23,24)(H,26,27).